The zero-order valence-corrected chi connectivity index (χ0v) is 13.5. The summed E-state index contributed by atoms with van der Waals surface area (Å²) in [4.78, 5) is 4.33. The summed E-state index contributed by atoms with van der Waals surface area (Å²) < 4.78 is 1.07. The molecular weight excluding hydrogens is 326 g/mol. The van der Waals surface area contributed by atoms with Crippen LogP contribution in [0.4, 0.5) is 17.1 Å². The van der Waals surface area contributed by atoms with Gasteiger partial charge in [-0.25, -0.2) is 0 Å². The van der Waals surface area contributed by atoms with E-state index in [1.807, 2.05) is 37.4 Å². The molecule has 3 rings (SSSR count). The van der Waals surface area contributed by atoms with E-state index < -0.39 is 0 Å². The third kappa shape index (κ3) is 2.59. The lowest BCUT2D eigenvalue weighted by Gasteiger charge is -2.14. The fraction of sp³-hybridized carbons (Fsp3) is 0.118. The minimum Gasteiger partial charge on any atom is -0.398 e. The van der Waals surface area contributed by atoms with E-state index in [1.165, 1.54) is 5.56 Å². The summed E-state index contributed by atoms with van der Waals surface area (Å²) in [5, 5.41) is 5.53. The molecule has 0 radical (unpaired) electrons. The third-order valence-corrected chi connectivity index (χ3v) is 4.59. The highest BCUT2D eigenvalue weighted by Gasteiger charge is 2.08. The summed E-state index contributed by atoms with van der Waals surface area (Å²) in [5.41, 5.74) is 11.0. The van der Waals surface area contributed by atoms with Crippen LogP contribution in [-0.4, -0.2) is 4.98 Å². The number of rotatable bonds is 2. The van der Waals surface area contributed by atoms with Crippen LogP contribution in [0.3, 0.4) is 0 Å². The highest BCUT2D eigenvalue weighted by molar-refractivity contribution is 9.10. The number of aryl methyl sites for hydroxylation is 2. The zero-order chi connectivity index (χ0) is 15.0. The Morgan fingerprint density at radius 2 is 1.86 bits per heavy atom. The Morgan fingerprint density at radius 3 is 2.67 bits per heavy atom. The van der Waals surface area contributed by atoms with E-state index in [2.05, 4.69) is 45.3 Å². The van der Waals surface area contributed by atoms with Crippen molar-refractivity contribution in [1.82, 2.24) is 4.98 Å². The SMILES string of the molecule is Cc1cc2c(Nc3cccc(C)c3Br)ccc(N)c2cn1. The van der Waals surface area contributed by atoms with Gasteiger partial charge < -0.3 is 11.1 Å². The molecule has 106 valence electrons. The van der Waals surface area contributed by atoms with E-state index in [0.29, 0.717) is 0 Å². The van der Waals surface area contributed by atoms with Crippen molar-refractivity contribution >= 4 is 43.8 Å². The first-order valence-electron chi connectivity index (χ1n) is 6.73. The lowest BCUT2D eigenvalue weighted by atomic mass is 10.1. The zero-order valence-electron chi connectivity index (χ0n) is 11.9. The van der Waals surface area contributed by atoms with Gasteiger partial charge in [0.1, 0.15) is 0 Å². The molecule has 0 saturated heterocycles. The van der Waals surface area contributed by atoms with E-state index >= 15 is 0 Å². The maximum atomic E-state index is 6.05. The molecule has 0 fully saturated rings. The first-order chi connectivity index (χ1) is 10.1. The number of nitrogen functional groups attached to an aromatic ring is 1. The van der Waals surface area contributed by atoms with Crippen LogP contribution in [0.15, 0.2) is 47.1 Å². The molecule has 1 aromatic heterocycles. The van der Waals surface area contributed by atoms with Crippen LogP contribution in [0.25, 0.3) is 10.8 Å². The molecule has 2 aromatic carbocycles. The van der Waals surface area contributed by atoms with Crippen LogP contribution in [0.2, 0.25) is 0 Å². The number of pyridine rings is 1. The van der Waals surface area contributed by atoms with Gasteiger partial charge in [0.15, 0.2) is 0 Å². The molecule has 0 atom stereocenters. The van der Waals surface area contributed by atoms with Crippen molar-refractivity contribution in [2.45, 2.75) is 13.8 Å². The van der Waals surface area contributed by atoms with E-state index in [0.717, 1.165) is 38.0 Å². The number of nitrogens with one attached hydrogen (secondary N) is 1. The Morgan fingerprint density at radius 1 is 1.05 bits per heavy atom. The van der Waals surface area contributed by atoms with Crippen molar-refractivity contribution in [3.05, 3.63) is 58.3 Å². The van der Waals surface area contributed by atoms with Crippen LogP contribution in [-0.2, 0) is 0 Å². The fourth-order valence-electron chi connectivity index (χ4n) is 2.36. The first kappa shape index (κ1) is 13.9. The second-order valence-electron chi connectivity index (χ2n) is 5.14. The summed E-state index contributed by atoms with van der Waals surface area (Å²) in [5.74, 6) is 0. The standard InChI is InChI=1S/C17H16BrN3/c1-10-4-3-5-16(17(10)18)21-15-7-6-14(19)13-9-20-11(2)8-12(13)15/h3-9,21H,19H2,1-2H3. The maximum Gasteiger partial charge on any atom is 0.0531 e. The fourth-order valence-corrected chi connectivity index (χ4v) is 2.73. The van der Waals surface area contributed by atoms with Crippen molar-refractivity contribution in [3.63, 3.8) is 0 Å². The Bertz CT molecular complexity index is 828. The van der Waals surface area contributed by atoms with Gasteiger partial charge >= 0.3 is 0 Å². The summed E-state index contributed by atoms with van der Waals surface area (Å²) in [6.45, 7) is 4.05. The van der Waals surface area contributed by atoms with Gasteiger partial charge in [0.2, 0.25) is 0 Å². The molecule has 0 bridgehead atoms. The minimum atomic E-state index is 0.742. The minimum absolute atomic E-state index is 0.742. The van der Waals surface area contributed by atoms with Gasteiger partial charge in [-0.2, -0.15) is 0 Å². The van der Waals surface area contributed by atoms with Crippen molar-refractivity contribution in [1.29, 1.82) is 0 Å². The average Bonchev–Trinajstić information content (AvgIpc) is 2.46. The molecule has 21 heavy (non-hydrogen) atoms. The van der Waals surface area contributed by atoms with Gasteiger partial charge in [-0.15, -0.1) is 0 Å². The van der Waals surface area contributed by atoms with Crippen LogP contribution in [0, 0.1) is 13.8 Å². The molecule has 4 heteroatoms. The van der Waals surface area contributed by atoms with Crippen molar-refractivity contribution in [3.8, 4) is 0 Å². The lowest BCUT2D eigenvalue weighted by Crippen LogP contribution is -1.97. The second-order valence-corrected chi connectivity index (χ2v) is 5.93. The Hall–Kier alpha value is -2.07. The number of nitrogens with two attached hydrogens (primary N) is 1. The molecule has 0 aliphatic heterocycles. The largest absolute Gasteiger partial charge is 0.398 e. The normalized spacial score (nSPS) is 10.8. The maximum absolute atomic E-state index is 6.05. The summed E-state index contributed by atoms with van der Waals surface area (Å²) >= 11 is 3.63. The van der Waals surface area contributed by atoms with E-state index in [1.54, 1.807) is 0 Å². The number of hydrogen-bond donors (Lipinski definition) is 2. The number of fused-ring (bicyclic) bond motifs is 1. The molecule has 3 aromatic rings. The Balaban J connectivity index is 2.15. The molecule has 3 nitrogen and oxygen atoms in total. The highest BCUT2D eigenvalue weighted by Crippen LogP contribution is 2.33. The van der Waals surface area contributed by atoms with Crippen LogP contribution >= 0.6 is 15.9 Å². The summed E-state index contributed by atoms with van der Waals surface area (Å²) in [7, 11) is 0. The van der Waals surface area contributed by atoms with Gasteiger partial charge in [0, 0.05) is 38.5 Å². The molecule has 1 heterocycles. The third-order valence-electron chi connectivity index (χ3n) is 3.53. The van der Waals surface area contributed by atoms with Crippen LogP contribution in [0.5, 0.6) is 0 Å². The Kier molecular flexibility index (Phi) is 3.55. The summed E-state index contributed by atoms with van der Waals surface area (Å²) in [6.07, 6.45) is 1.83. The first-order valence-corrected chi connectivity index (χ1v) is 7.52. The molecule has 0 amide bonds. The van der Waals surface area contributed by atoms with Crippen molar-refractivity contribution in [2.24, 2.45) is 0 Å². The number of aromatic nitrogens is 1. The predicted molar refractivity (Wildman–Crippen MR) is 93.1 cm³/mol. The molecule has 0 saturated carbocycles. The second kappa shape index (κ2) is 5.37. The molecular formula is C17H16BrN3. The van der Waals surface area contributed by atoms with Crippen molar-refractivity contribution < 1.29 is 0 Å². The average molecular weight is 342 g/mol. The number of nitrogens with zero attached hydrogens (tertiary/aromatic N) is 1. The van der Waals surface area contributed by atoms with Gasteiger partial charge in [-0.05, 0) is 59.6 Å². The van der Waals surface area contributed by atoms with Gasteiger partial charge in [0.25, 0.3) is 0 Å². The van der Waals surface area contributed by atoms with E-state index in [4.69, 9.17) is 5.73 Å². The Labute approximate surface area is 132 Å². The van der Waals surface area contributed by atoms with Crippen molar-refractivity contribution in [2.75, 3.05) is 11.1 Å². The molecule has 0 unspecified atom stereocenters. The summed E-state index contributed by atoms with van der Waals surface area (Å²) in [6, 6.07) is 12.1. The van der Waals surface area contributed by atoms with Crippen LogP contribution in [0.1, 0.15) is 11.3 Å². The number of anilines is 3. The molecule has 0 aliphatic rings. The quantitative estimate of drug-likeness (QED) is 0.649. The van der Waals surface area contributed by atoms with E-state index in [9.17, 15) is 0 Å². The number of benzene rings is 2. The predicted octanol–water partition coefficient (Wildman–Crippen LogP) is 4.94. The van der Waals surface area contributed by atoms with Crippen LogP contribution < -0.4 is 11.1 Å². The van der Waals surface area contributed by atoms with Gasteiger partial charge in [-0.1, -0.05) is 12.1 Å². The van der Waals surface area contributed by atoms with Gasteiger partial charge in [-0.3, -0.25) is 4.98 Å². The monoisotopic (exact) mass is 341 g/mol. The van der Waals surface area contributed by atoms with E-state index in [-0.39, 0.29) is 0 Å². The smallest absolute Gasteiger partial charge is 0.0531 e. The lowest BCUT2D eigenvalue weighted by molar-refractivity contribution is 1.22. The topological polar surface area (TPSA) is 50.9 Å². The number of halogens is 1. The molecule has 0 aliphatic carbocycles. The molecule has 0 spiro atoms. The highest BCUT2D eigenvalue weighted by atomic mass is 79.9. The number of hydrogen-bond acceptors (Lipinski definition) is 3. The van der Waals surface area contributed by atoms with Gasteiger partial charge in [0.05, 0.1) is 5.69 Å². The molecule has 3 N–H and O–H groups in total.